The van der Waals surface area contributed by atoms with E-state index in [1.807, 2.05) is 11.6 Å². The molecule has 0 spiro atoms. The van der Waals surface area contributed by atoms with Crippen LogP contribution >= 0.6 is 11.3 Å². The summed E-state index contributed by atoms with van der Waals surface area (Å²) in [4.78, 5) is 6.75. The molecule has 2 aromatic carbocycles. The monoisotopic (exact) mass is 490 g/mol. The molecule has 0 saturated heterocycles. The Kier molecular flexibility index (Phi) is 6.34. The number of rotatable bonds is 7. The van der Waals surface area contributed by atoms with Crippen molar-refractivity contribution in [2.45, 2.75) is 18.4 Å². The number of hydrogen-bond acceptors (Lipinski definition) is 6. The zero-order valence-electron chi connectivity index (χ0n) is 17.1. The van der Waals surface area contributed by atoms with Crippen molar-refractivity contribution in [2.24, 2.45) is 0 Å². The van der Waals surface area contributed by atoms with Crippen molar-refractivity contribution in [3.05, 3.63) is 88.3 Å². The van der Waals surface area contributed by atoms with Gasteiger partial charge in [-0.05, 0) is 48.4 Å². The summed E-state index contributed by atoms with van der Waals surface area (Å²) in [6, 6.07) is 9.81. The molecular formula is C22H17F3N4O2S2. The molecule has 0 radical (unpaired) electrons. The summed E-state index contributed by atoms with van der Waals surface area (Å²) in [7, 11) is -4.53. The van der Waals surface area contributed by atoms with Gasteiger partial charge >= 0.3 is 0 Å². The molecule has 2 aromatic heterocycles. The molecule has 0 aliphatic rings. The van der Waals surface area contributed by atoms with Crippen molar-refractivity contribution in [3.8, 4) is 11.1 Å². The largest absolute Gasteiger partial charge is 0.381 e. The van der Waals surface area contributed by atoms with Gasteiger partial charge in [0.25, 0.3) is 10.0 Å². The lowest BCUT2D eigenvalue weighted by molar-refractivity contribution is 0.521. The van der Waals surface area contributed by atoms with Gasteiger partial charge in [-0.2, -0.15) is 0 Å². The maximum Gasteiger partial charge on any atom is 0.268 e. The lowest BCUT2D eigenvalue weighted by atomic mass is 9.99. The van der Waals surface area contributed by atoms with Crippen LogP contribution in [0.2, 0.25) is 0 Å². The fourth-order valence-electron chi connectivity index (χ4n) is 3.28. The molecule has 0 saturated carbocycles. The van der Waals surface area contributed by atoms with Gasteiger partial charge in [0, 0.05) is 35.1 Å². The van der Waals surface area contributed by atoms with E-state index < -0.39 is 32.4 Å². The number of halogens is 3. The normalized spacial score (nSPS) is 11.4. The van der Waals surface area contributed by atoms with E-state index in [0.29, 0.717) is 5.56 Å². The van der Waals surface area contributed by atoms with Crippen LogP contribution in [0.3, 0.4) is 0 Å². The van der Waals surface area contributed by atoms with Gasteiger partial charge in [-0.15, -0.1) is 11.3 Å². The molecule has 0 atom stereocenters. The van der Waals surface area contributed by atoms with Crippen molar-refractivity contribution in [3.63, 3.8) is 0 Å². The number of aromatic nitrogens is 2. The Hall–Kier alpha value is -3.44. The van der Waals surface area contributed by atoms with E-state index in [9.17, 15) is 21.6 Å². The molecule has 0 aliphatic carbocycles. The third-order valence-corrected chi connectivity index (χ3v) is 6.73. The lowest BCUT2D eigenvalue weighted by Gasteiger charge is -2.14. The van der Waals surface area contributed by atoms with Crippen LogP contribution in [0.4, 0.5) is 24.7 Å². The number of anilines is 2. The molecule has 0 aliphatic heterocycles. The van der Waals surface area contributed by atoms with Gasteiger partial charge in [-0.3, -0.25) is 9.71 Å². The zero-order chi connectivity index (χ0) is 23.6. The van der Waals surface area contributed by atoms with Gasteiger partial charge in [0.2, 0.25) is 0 Å². The van der Waals surface area contributed by atoms with Crippen LogP contribution in [-0.2, 0) is 16.6 Å². The third-order valence-electron chi connectivity index (χ3n) is 4.73. The second kappa shape index (κ2) is 9.20. The molecule has 2 N–H and O–H groups in total. The molecule has 11 heteroatoms. The Labute approximate surface area is 192 Å². The number of thiazole rings is 1. The molecule has 4 rings (SSSR count). The van der Waals surface area contributed by atoms with E-state index in [1.165, 1.54) is 17.0 Å². The van der Waals surface area contributed by atoms with Crippen molar-refractivity contribution in [1.29, 1.82) is 0 Å². The van der Waals surface area contributed by atoms with Gasteiger partial charge in [-0.1, -0.05) is 12.1 Å². The summed E-state index contributed by atoms with van der Waals surface area (Å²) in [6.07, 6.45) is 1.61. The van der Waals surface area contributed by atoms with Gasteiger partial charge < -0.3 is 5.32 Å². The van der Waals surface area contributed by atoms with E-state index in [4.69, 9.17) is 0 Å². The average molecular weight is 491 g/mol. The first-order chi connectivity index (χ1) is 15.7. The predicted molar refractivity (Wildman–Crippen MR) is 121 cm³/mol. The minimum atomic E-state index is -4.53. The van der Waals surface area contributed by atoms with E-state index >= 15 is 0 Å². The molecule has 2 heterocycles. The number of nitrogens with zero attached hydrogens (tertiary/aromatic N) is 2. The van der Waals surface area contributed by atoms with Crippen molar-refractivity contribution < 1.29 is 21.6 Å². The van der Waals surface area contributed by atoms with Crippen LogP contribution in [0.15, 0.2) is 64.4 Å². The maximum atomic E-state index is 14.6. The number of benzene rings is 2. The highest BCUT2D eigenvalue weighted by atomic mass is 32.2. The Balaban J connectivity index is 1.61. The average Bonchev–Trinajstić information content (AvgIpc) is 3.24. The van der Waals surface area contributed by atoms with Crippen LogP contribution in [-0.4, -0.2) is 18.4 Å². The highest BCUT2D eigenvalue weighted by molar-refractivity contribution is 7.92. The summed E-state index contributed by atoms with van der Waals surface area (Å²) in [5.41, 5.74) is 3.71. The molecule has 0 unspecified atom stereocenters. The van der Waals surface area contributed by atoms with Gasteiger partial charge in [-0.25, -0.2) is 26.6 Å². The highest BCUT2D eigenvalue weighted by Gasteiger charge is 2.26. The smallest absolute Gasteiger partial charge is 0.268 e. The van der Waals surface area contributed by atoms with E-state index in [0.717, 1.165) is 34.7 Å². The van der Waals surface area contributed by atoms with E-state index in [-0.39, 0.29) is 23.6 Å². The molecule has 0 fully saturated rings. The van der Waals surface area contributed by atoms with Gasteiger partial charge in [0.05, 0.1) is 5.51 Å². The summed E-state index contributed by atoms with van der Waals surface area (Å²) in [5, 5.41) is 4.16. The first kappa shape index (κ1) is 22.7. The minimum absolute atomic E-state index is 0.0422. The SMILES string of the molecule is Cc1cc(-c2cccc(F)c2CNc2cc(F)c(S(=O)(=O)Nc3cscn3)c(F)c2)ccn1. The third kappa shape index (κ3) is 4.99. The van der Waals surface area contributed by atoms with Gasteiger partial charge in [0.15, 0.2) is 10.7 Å². The second-order valence-electron chi connectivity index (χ2n) is 7.05. The molecule has 0 bridgehead atoms. The van der Waals surface area contributed by atoms with Crippen LogP contribution in [0.25, 0.3) is 11.1 Å². The Morgan fingerprint density at radius 2 is 1.76 bits per heavy atom. The van der Waals surface area contributed by atoms with Crippen molar-refractivity contribution in [1.82, 2.24) is 9.97 Å². The van der Waals surface area contributed by atoms with E-state index in [1.54, 1.807) is 30.5 Å². The van der Waals surface area contributed by atoms with Gasteiger partial charge in [0.1, 0.15) is 17.5 Å². The fraction of sp³-hybridized carbons (Fsp3) is 0.0909. The number of nitrogens with one attached hydrogen (secondary N) is 2. The van der Waals surface area contributed by atoms with Crippen molar-refractivity contribution in [2.75, 3.05) is 10.0 Å². The summed E-state index contributed by atoms with van der Waals surface area (Å²) >= 11 is 1.12. The predicted octanol–water partition coefficient (Wildman–Crippen LogP) is 5.34. The number of pyridine rings is 1. The first-order valence-corrected chi connectivity index (χ1v) is 12.0. The Bertz CT molecular complexity index is 1390. The molecular weight excluding hydrogens is 473 g/mol. The number of sulfonamides is 1. The molecule has 170 valence electrons. The van der Waals surface area contributed by atoms with E-state index in [2.05, 4.69) is 15.3 Å². The number of aryl methyl sites for hydroxylation is 1. The molecule has 33 heavy (non-hydrogen) atoms. The zero-order valence-corrected chi connectivity index (χ0v) is 18.8. The first-order valence-electron chi connectivity index (χ1n) is 9.59. The topological polar surface area (TPSA) is 84.0 Å². The minimum Gasteiger partial charge on any atom is -0.381 e. The maximum absolute atomic E-state index is 14.6. The second-order valence-corrected chi connectivity index (χ2v) is 9.39. The summed E-state index contributed by atoms with van der Waals surface area (Å²) in [5.74, 6) is -3.13. The standard InChI is InChI=1S/C22H17F3N4O2S2/c1-13-7-14(5-6-26-13)16-3-2-4-18(23)17(16)10-27-15-8-19(24)22(20(25)9-15)33(30,31)29-21-11-32-12-28-21/h2-9,11-12,27,29H,10H2,1H3. The lowest BCUT2D eigenvalue weighted by Crippen LogP contribution is -2.17. The quantitative estimate of drug-likeness (QED) is 0.365. The van der Waals surface area contributed by atoms with Crippen molar-refractivity contribution >= 4 is 32.9 Å². The highest BCUT2D eigenvalue weighted by Crippen LogP contribution is 2.29. The number of hydrogen-bond donors (Lipinski definition) is 2. The fourth-order valence-corrected chi connectivity index (χ4v) is 4.96. The molecule has 4 aromatic rings. The Morgan fingerprint density at radius 1 is 1.00 bits per heavy atom. The molecule has 6 nitrogen and oxygen atoms in total. The van der Waals surface area contributed by atoms with Crippen LogP contribution < -0.4 is 10.0 Å². The van der Waals surface area contributed by atoms with Crippen LogP contribution in [0, 0.1) is 24.4 Å². The van der Waals surface area contributed by atoms with Crippen LogP contribution in [0.1, 0.15) is 11.3 Å². The summed E-state index contributed by atoms with van der Waals surface area (Å²) in [6.45, 7) is 1.72. The Morgan fingerprint density at radius 3 is 2.42 bits per heavy atom. The van der Waals surface area contributed by atoms with Crippen LogP contribution in [0.5, 0.6) is 0 Å². The summed E-state index contributed by atoms with van der Waals surface area (Å²) < 4.78 is 70.7. The molecule has 0 amide bonds.